The molecule has 0 atom stereocenters. The van der Waals surface area contributed by atoms with Gasteiger partial charge in [0, 0.05) is 24.6 Å². The molecule has 3 rings (SSSR count). The second-order valence-corrected chi connectivity index (χ2v) is 5.29. The number of carbonyl (C=O) groups is 1. The molecule has 0 saturated carbocycles. The molecule has 7 heteroatoms. The summed E-state index contributed by atoms with van der Waals surface area (Å²) < 4.78 is 6.85. The van der Waals surface area contributed by atoms with E-state index >= 15 is 0 Å². The van der Waals surface area contributed by atoms with Crippen LogP contribution in [-0.4, -0.2) is 34.5 Å². The lowest BCUT2D eigenvalue weighted by Gasteiger charge is -2.08. The van der Waals surface area contributed by atoms with Crippen molar-refractivity contribution >= 4 is 11.7 Å². The number of carbonyl (C=O) groups excluding carboxylic acids is 1. The lowest BCUT2D eigenvalue weighted by atomic mass is 10.3. The Labute approximate surface area is 145 Å². The smallest absolute Gasteiger partial charge is 0.319 e. The Morgan fingerprint density at radius 3 is 2.68 bits per heavy atom. The molecule has 0 aliphatic rings. The summed E-state index contributed by atoms with van der Waals surface area (Å²) in [7, 11) is 1.60. The van der Waals surface area contributed by atoms with Crippen molar-refractivity contribution in [3.63, 3.8) is 0 Å². The van der Waals surface area contributed by atoms with Crippen LogP contribution in [0.4, 0.5) is 10.5 Å². The van der Waals surface area contributed by atoms with Gasteiger partial charge in [-0.25, -0.2) is 4.79 Å². The Morgan fingerprint density at radius 2 is 1.96 bits per heavy atom. The van der Waals surface area contributed by atoms with Gasteiger partial charge in [0.2, 0.25) is 0 Å². The van der Waals surface area contributed by atoms with Gasteiger partial charge in [0.15, 0.2) is 0 Å². The maximum atomic E-state index is 11.9. The molecule has 0 spiro atoms. The molecular formula is C18H19N5O2. The van der Waals surface area contributed by atoms with Crippen molar-refractivity contribution in [2.75, 3.05) is 19.0 Å². The highest BCUT2D eigenvalue weighted by Gasteiger charge is 2.04. The van der Waals surface area contributed by atoms with E-state index in [4.69, 9.17) is 4.74 Å². The fraction of sp³-hybridized carbons (Fsp3) is 0.167. The van der Waals surface area contributed by atoms with Crippen LogP contribution >= 0.6 is 0 Å². The third kappa shape index (κ3) is 4.57. The zero-order chi connectivity index (χ0) is 17.5. The number of urea groups is 1. The molecule has 2 aromatic heterocycles. The first-order chi connectivity index (χ1) is 12.2. The van der Waals surface area contributed by atoms with Gasteiger partial charge in [-0.1, -0.05) is 6.07 Å². The number of methoxy groups -OCH3 is 1. The van der Waals surface area contributed by atoms with Crippen LogP contribution < -0.4 is 15.4 Å². The number of amides is 2. The minimum Gasteiger partial charge on any atom is -0.497 e. The fourth-order valence-corrected chi connectivity index (χ4v) is 2.27. The van der Waals surface area contributed by atoms with Crippen molar-refractivity contribution in [2.24, 2.45) is 0 Å². The van der Waals surface area contributed by atoms with Crippen LogP contribution in [0.1, 0.15) is 0 Å². The van der Waals surface area contributed by atoms with Crippen LogP contribution in [0.15, 0.2) is 60.9 Å². The summed E-state index contributed by atoms with van der Waals surface area (Å²) in [6.07, 6.45) is 3.60. The number of hydrogen-bond acceptors (Lipinski definition) is 4. The molecule has 128 valence electrons. The van der Waals surface area contributed by atoms with E-state index in [1.165, 1.54) is 0 Å². The molecule has 0 aliphatic heterocycles. The monoisotopic (exact) mass is 337 g/mol. The fourth-order valence-electron chi connectivity index (χ4n) is 2.27. The van der Waals surface area contributed by atoms with Gasteiger partial charge < -0.3 is 15.4 Å². The molecule has 2 amide bonds. The normalized spacial score (nSPS) is 10.3. The highest BCUT2D eigenvalue weighted by Crippen LogP contribution is 2.15. The number of pyridine rings is 1. The Bertz CT molecular complexity index is 815. The second-order valence-electron chi connectivity index (χ2n) is 5.29. The Kier molecular flexibility index (Phi) is 5.26. The van der Waals surface area contributed by atoms with Crippen molar-refractivity contribution < 1.29 is 9.53 Å². The summed E-state index contributed by atoms with van der Waals surface area (Å²) in [4.78, 5) is 16.2. The van der Waals surface area contributed by atoms with Crippen molar-refractivity contribution in [1.82, 2.24) is 20.1 Å². The van der Waals surface area contributed by atoms with Crippen molar-refractivity contribution in [1.29, 1.82) is 0 Å². The van der Waals surface area contributed by atoms with E-state index in [9.17, 15) is 4.79 Å². The summed E-state index contributed by atoms with van der Waals surface area (Å²) in [5, 5.41) is 10.0. The highest BCUT2D eigenvalue weighted by molar-refractivity contribution is 5.89. The Morgan fingerprint density at radius 1 is 1.12 bits per heavy atom. The van der Waals surface area contributed by atoms with Crippen LogP contribution in [-0.2, 0) is 6.54 Å². The second kappa shape index (κ2) is 7.96. The van der Waals surface area contributed by atoms with E-state index in [0.29, 0.717) is 18.8 Å². The van der Waals surface area contributed by atoms with E-state index in [2.05, 4.69) is 20.7 Å². The topological polar surface area (TPSA) is 81.1 Å². The molecule has 2 N–H and O–H groups in total. The zero-order valence-corrected chi connectivity index (χ0v) is 13.8. The molecule has 25 heavy (non-hydrogen) atoms. The van der Waals surface area contributed by atoms with E-state index in [1.54, 1.807) is 42.3 Å². The lowest BCUT2D eigenvalue weighted by molar-refractivity contribution is 0.251. The largest absolute Gasteiger partial charge is 0.497 e. The van der Waals surface area contributed by atoms with Crippen LogP contribution in [0.2, 0.25) is 0 Å². The summed E-state index contributed by atoms with van der Waals surface area (Å²) in [6.45, 7) is 1.04. The van der Waals surface area contributed by atoms with Gasteiger partial charge in [0.25, 0.3) is 0 Å². The standard InChI is InChI=1S/C18H19N5O2/c1-25-15-7-5-14(6-8-15)21-18(24)20-11-13-23-12-9-17(22-23)16-4-2-3-10-19-16/h2-10,12H,11,13H2,1H3,(H2,20,21,24). The summed E-state index contributed by atoms with van der Waals surface area (Å²) in [6, 6.07) is 14.5. The third-order valence-electron chi connectivity index (χ3n) is 3.54. The molecule has 0 bridgehead atoms. The van der Waals surface area contributed by atoms with Crippen molar-refractivity contribution in [3.05, 3.63) is 60.9 Å². The van der Waals surface area contributed by atoms with Gasteiger partial charge >= 0.3 is 6.03 Å². The molecule has 0 aliphatic carbocycles. The van der Waals surface area contributed by atoms with Gasteiger partial charge in [-0.05, 0) is 42.5 Å². The Hall–Kier alpha value is -3.35. The molecule has 2 heterocycles. The van der Waals surface area contributed by atoms with E-state index < -0.39 is 0 Å². The number of nitrogens with zero attached hydrogens (tertiary/aromatic N) is 3. The Balaban J connectivity index is 1.46. The van der Waals surface area contributed by atoms with Crippen LogP contribution in [0.5, 0.6) is 5.75 Å². The first kappa shape index (κ1) is 16.5. The number of benzene rings is 1. The molecule has 0 unspecified atom stereocenters. The van der Waals surface area contributed by atoms with Crippen molar-refractivity contribution in [2.45, 2.75) is 6.54 Å². The number of rotatable bonds is 6. The molecular weight excluding hydrogens is 318 g/mol. The predicted molar refractivity (Wildman–Crippen MR) is 95.5 cm³/mol. The number of hydrogen-bond donors (Lipinski definition) is 2. The number of anilines is 1. The van der Waals surface area contributed by atoms with Gasteiger partial charge in [-0.2, -0.15) is 5.10 Å². The van der Waals surface area contributed by atoms with Crippen molar-refractivity contribution in [3.8, 4) is 17.1 Å². The SMILES string of the molecule is COc1ccc(NC(=O)NCCn2ccc(-c3ccccn3)n2)cc1. The quantitative estimate of drug-likeness (QED) is 0.725. The van der Waals surface area contributed by atoms with E-state index in [0.717, 1.165) is 17.1 Å². The maximum absolute atomic E-state index is 11.9. The van der Waals surface area contributed by atoms with Gasteiger partial charge in [-0.15, -0.1) is 0 Å². The first-order valence-corrected chi connectivity index (χ1v) is 7.88. The molecule has 7 nitrogen and oxygen atoms in total. The summed E-state index contributed by atoms with van der Waals surface area (Å²) in [5.74, 6) is 0.744. The predicted octanol–water partition coefficient (Wildman–Crippen LogP) is 2.78. The average molecular weight is 337 g/mol. The van der Waals surface area contributed by atoms with Gasteiger partial charge in [0.1, 0.15) is 11.4 Å². The molecule has 3 aromatic rings. The number of nitrogens with one attached hydrogen (secondary N) is 2. The molecule has 0 fully saturated rings. The molecule has 0 saturated heterocycles. The maximum Gasteiger partial charge on any atom is 0.319 e. The summed E-state index contributed by atoms with van der Waals surface area (Å²) >= 11 is 0. The minimum atomic E-state index is -0.262. The minimum absolute atomic E-state index is 0.262. The van der Waals surface area contributed by atoms with Gasteiger partial charge in [0.05, 0.1) is 19.3 Å². The lowest BCUT2D eigenvalue weighted by Crippen LogP contribution is -2.31. The van der Waals surface area contributed by atoms with Gasteiger partial charge in [-0.3, -0.25) is 9.67 Å². The van der Waals surface area contributed by atoms with Crippen LogP contribution in [0, 0.1) is 0 Å². The summed E-state index contributed by atoms with van der Waals surface area (Å²) in [5.41, 5.74) is 2.34. The molecule has 1 aromatic carbocycles. The highest BCUT2D eigenvalue weighted by atomic mass is 16.5. The zero-order valence-electron chi connectivity index (χ0n) is 13.8. The third-order valence-corrected chi connectivity index (χ3v) is 3.54. The first-order valence-electron chi connectivity index (χ1n) is 7.88. The van der Waals surface area contributed by atoms with Crippen LogP contribution in [0.25, 0.3) is 11.4 Å². The van der Waals surface area contributed by atoms with E-state index in [1.807, 2.05) is 30.5 Å². The van der Waals surface area contributed by atoms with Crippen LogP contribution in [0.3, 0.4) is 0 Å². The number of ether oxygens (including phenoxy) is 1. The average Bonchev–Trinajstić information content (AvgIpc) is 3.12. The molecule has 0 radical (unpaired) electrons. The number of aromatic nitrogens is 3. The van der Waals surface area contributed by atoms with E-state index in [-0.39, 0.29) is 6.03 Å².